The fourth-order valence-electron chi connectivity index (χ4n) is 3.40. The lowest BCUT2D eigenvalue weighted by molar-refractivity contribution is -0.0594. The summed E-state index contributed by atoms with van der Waals surface area (Å²) in [6, 6.07) is 10.5. The predicted octanol–water partition coefficient (Wildman–Crippen LogP) is 3.40. The van der Waals surface area contributed by atoms with Gasteiger partial charge in [-0.15, -0.1) is 0 Å². The number of likely N-dealkylation sites (tertiary alicyclic amines) is 1. The number of thioether (sulfide) groups is 1. The third kappa shape index (κ3) is 5.03. The van der Waals surface area contributed by atoms with Crippen molar-refractivity contribution in [3.63, 3.8) is 0 Å². The lowest BCUT2D eigenvalue weighted by Gasteiger charge is -2.43. The maximum absolute atomic E-state index is 10.8. The smallest absolute Gasteiger partial charge is 0.187 e. The average Bonchev–Trinajstić information content (AvgIpc) is 2.61. The molecule has 1 aliphatic rings. The van der Waals surface area contributed by atoms with Gasteiger partial charge in [0, 0.05) is 43.5 Å². The normalized spacial score (nSPS) is 24.4. The van der Waals surface area contributed by atoms with Crippen LogP contribution in [0.15, 0.2) is 47.9 Å². The number of aliphatic hydroxyl groups is 1. The van der Waals surface area contributed by atoms with Crippen LogP contribution in [0, 0.1) is 5.92 Å². The van der Waals surface area contributed by atoms with Crippen molar-refractivity contribution in [3.8, 4) is 0 Å². The van der Waals surface area contributed by atoms with E-state index in [2.05, 4.69) is 46.1 Å². The maximum atomic E-state index is 10.8. The van der Waals surface area contributed by atoms with E-state index in [0.717, 1.165) is 48.9 Å². The van der Waals surface area contributed by atoms with E-state index >= 15 is 0 Å². The molecule has 0 bridgehead atoms. The summed E-state index contributed by atoms with van der Waals surface area (Å²) in [5.41, 5.74) is 1.82. The molecule has 0 unspecified atom stereocenters. The Bertz CT molecular complexity index is 660. The fourth-order valence-corrected chi connectivity index (χ4v) is 3.91. The molecule has 1 aromatic heterocycles. The number of hydrogen-bond acceptors (Lipinski definition) is 5. The quantitative estimate of drug-likeness (QED) is 0.634. The molecule has 0 amide bonds. The Hall–Kier alpha value is -1.43. The molecular weight excluding hydrogens is 330 g/mol. The zero-order valence-corrected chi connectivity index (χ0v) is 15.9. The van der Waals surface area contributed by atoms with Gasteiger partial charge in [-0.25, -0.2) is 9.97 Å². The molecule has 0 saturated carbocycles. The van der Waals surface area contributed by atoms with E-state index in [1.54, 1.807) is 11.8 Å². The molecule has 1 N–H and O–H groups in total. The Morgan fingerprint density at radius 2 is 1.92 bits per heavy atom. The number of hydrogen-bond donors (Lipinski definition) is 1. The van der Waals surface area contributed by atoms with Gasteiger partial charge in [0.05, 0.1) is 5.60 Å². The highest BCUT2D eigenvalue weighted by Gasteiger charge is 2.37. The van der Waals surface area contributed by atoms with E-state index in [9.17, 15) is 5.11 Å². The minimum absolute atomic E-state index is 0.236. The summed E-state index contributed by atoms with van der Waals surface area (Å²) < 4.78 is 0. The second-order valence-corrected chi connectivity index (χ2v) is 8.27. The Kier molecular flexibility index (Phi) is 6.10. The van der Waals surface area contributed by atoms with Gasteiger partial charge in [-0.2, -0.15) is 0 Å². The van der Waals surface area contributed by atoms with Gasteiger partial charge in [0.15, 0.2) is 5.16 Å². The molecule has 2 aromatic rings. The first-order valence-corrected chi connectivity index (χ1v) is 9.98. The topological polar surface area (TPSA) is 49.2 Å². The number of benzene rings is 1. The van der Waals surface area contributed by atoms with Crippen LogP contribution in [0.3, 0.4) is 0 Å². The van der Waals surface area contributed by atoms with Crippen LogP contribution >= 0.6 is 11.8 Å². The third-order valence-electron chi connectivity index (χ3n) is 4.98. The minimum atomic E-state index is -0.607. The minimum Gasteiger partial charge on any atom is -0.390 e. The number of piperidine rings is 1. The zero-order valence-electron chi connectivity index (χ0n) is 15.1. The first kappa shape index (κ1) is 18.4. The molecule has 4 nitrogen and oxygen atoms in total. The van der Waals surface area contributed by atoms with Crippen LogP contribution in [0.1, 0.15) is 31.4 Å². The highest BCUT2D eigenvalue weighted by molar-refractivity contribution is 7.99. The van der Waals surface area contributed by atoms with Crippen LogP contribution in [-0.4, -0.2) is 44.4 Å². The fraction of sp³-hybridized carbons (Fsp3) is 0.500. The second kappa shape index (κ2) is 8.30. The molecule has 134 valence electrons. The van der Waals surface area contributed by atoms with E-state index in [1.807, 2.05) is 25.4 Å². The van der Waals surface area contributed by atoms with Crippen molar-refractivity contribution in [2.24, 2.45) is 5.92 Å². The monoisotopic (exact) mass is 357 g/mol. The van der Waals surface area contributed by atoms with Crippen molar-refractivity contribution < 1.29 is 5.11 Å². The van der Waals surface area contributed by atoms with Crippen LogP contribution in [0.5, 0.6) is 0 Å². The van der Waals surface area contributed by atoms with Crippen LogP contribution < -0.4 is 0 Å². The van der Waals surface area contributed by atoms with Gasteiger partial charge in [-0.05, 0) is 31.1 Å². The Morgan fingerprint density at radius 3 is 2.60 bits per heavy atom. The predicted molar refractivity (Wildman–Crippen MR) is 103 cm³/mol. The Morgan fingerprint density at radius 1 is 1.20 bits per heavy atom. The summed E-state index contributed by atoms with van der Waals surface area (Å²) in [7, 11) is 0. The summed E-state index contributed by atoms with van der Waals surface area (Å²) in [6.45, 7) is 6.74. The lowest BCUT2D eigenvalue weighted by Crippen LogP contribution is -2.50. The van der Waals surface area contributed by atoms with E-state index in [4.69, 9.17) is 0 Å². The maximum Gasteiger partial charge on any atom is 0.187 e. The zero-order chi connectivity index (χ0) is 17.7. The standard InChI is InChI=1S/C20H27N3OS/c1-3-25-19-21-12-17(13-22-19)14-23-10-9-20(2,24)18(15-23)11-16-7-5-4-6-8-16/h4-8,12-13,18,24H,3,9-11,14-15H2,1-2H3/t18-,20+/m1/s1. The van der Waals surface area contributed by atoms with Crippen LogP contribution in [0.4, 0.5) is 0 Å². The lowest BCUT2D eigenvalue weighted by atomic mass is 9.79. The highest BCUT2D eigenvalue weighted by atomic mass is 32.2. The van der Waals surface area contributed by atoms with Crippen LogP contribution in [0.2, 0.25) is 0 Å². The molecule has 25 heavy (non-hydrogen) atoms. The van der Waals surface area contributed by atoms with Gasteiger partial charge < -0.3 is 5.11 Å². The first-order chi connectivity index (χ1) is 12.1. The van der Waals surface area contributed by atoms with E-state index in [0.29, 0.717) is 0 Å². The molecular formula is C20H27N3OS. The van der Waals surface area contributed by atoms with Gasteiger partial charge in [0.25, 0.3) is 0 Å². The van der Waals surface area contributed by atoms with Gasteiger partial charge in [-0.3, -0.25) is 4.90 Å². The highest BCUT2D eigenvalue weighted by Crippen LogP contribution is 2.31. The van der Waals surface area contributed by atoms with Crippen molar-refractivity contribution in [1.82, 2.24) is 14.9 Å². The van der Waals surface area contributed by atoms with E-state index in [-0.39, 0.29) is 5.92 Å². The largest absolute Gasteiger partial charge is 0.390 e. The molecule has 2 atom stereocenters. The molecule has 0 spiro atoms. The van der Waals surface area contributed by atoms with Crippen molar-refractivity contribution in [1.29, 1.82) is 0 Å². The van der Waals surface area contributed by atoms with Crippen LogP contribution in [-0.2, 0) is 13.0 Å². The molecule has 0 radical (unpaired) electrons. The SMILES string of the molecule is CCSc1ncc(CN2CC[C@](C)(O)[C@H](Cc3ccccc3)C2)cn1. The molecule has 1 aliphatic heterocycles. The molecule has 0 aliphatic carbocycles. The van der Waals surface area contributed by atoms with E-state index < -0.39 is 5.60 Å². The number of nitrogens with zero attached hydrogens (tertiary/aromatic N) is 3. The average molecular weight is 358 g/mol. The Labute approximate surface area is 154 Å². The van der Waals surface area contributed by atoms with Gasteiger partial charge in [0.1, 0.15) is 0 Å². The summed E-state index contributed by atoms with van der Waals surface area (Å²) in [6.07, 6.45) is 5.58. The molecule has 1 fully saturated rings. The Balaban J connectivity index is 1.63. The van der Waals surface area contributed by atoms with Gasteiger partial charge >= 0.3 is 0 Å². The molecule has 5 heteroatoms. The number of rotatable bonds is 6. The molecule has 1 saturated heterocycles. The summed E-state index contributed by atoms with van der Waals surface area (Å²) >= 11 is 1.66. The van der Waals surface area contributed by atoms with Gasteiger partial charge in [0.2, 0.25) is 0 Å². The van der Waals surface area contributed by atoms with Crippen molar-refractivity contribution in [2.45, 2.75) is 44.0 Å². The third-order valence-corrected chi connectivity index (χ3v) is 5.74. The van der Waals surface area contributed by atoms with Crippen LogP contribution in [0.25, 0.3) is 0 Å². The van der Waals surface area contributed by atoms with Crippen molar-refractivity contribution in [3.05, 3.63) is 53.9 Å². The summed E-state index contributed by atoms with van der Waals surface area (Å²) in [5, 5.41) is 11.7. The van der Waals surface area contributed by atoms with Crippen molar-refractivity contribution >= 4 is 11.8 Å². The first-order valence-electron chi connectivity index (χ1n) is 8.99. The molecule has 1 aromatic carbocycles. The molecule has 3 rings (SSSR count). The van der Waals surface area contributed by atoms with Crippen molar-refractivity contribution in [2.75, 3.05) is 18.8 Å². The van der Waals surface area contributed by atoms with E-state index in [1.165, 1.54) is 5.56 Å². The molecule has 2 heterocycles. The number of aromatic nitrogens is 2. The van der Waals surface area contributed by atoms with Gasteiger partial charge in [-0.1, -0.05) is 49.0 Å². The summed E-state index contributed by atoms with van der Waals surface area (Å²) in [4.78, 5) is 11.3. The summed E-state index contributed by atoms with van der Waals surface area (Å²) in [5.74, 6) is 1.22. The second-order valence-electron chi connectivity index (χ2n) is 7.04.